The van der Waals surface area contributed by atoms with Crippen LogP contribution in [0.25, 0.3) is 10.4 Å². The van der Waals surface area contributed by atoms with Gasteiger partial charge < -0.3 is 5.73 Å². The van der Waals surface area contributed by atoms with Gasteiger partial charge in [-0.3, -0.25) is 0 Å². The summed E-state index contributed by atoms with van der Waals surface area (Å²) in [5.74, 6) is 0. The van der Waals surface area contributed by atoms with Crippen LogP contribution < -0.4 is 5.73 Å². The molecular weight excluding hydrogens is 202 g/mol. The summed E-state index contributed by atoms with van der Waals surface area (Å²) < 4.78 is 0. The van der Waals surface area contributed by atoms with Crippen molar-refractivity contribution in [3.8, 4) is 10.4 Å². The van der Waals surface area contributed by atoms with Crippen LogP contribution in [0.3, 0.4) is 0 Å². The van der Waals surface area contributed by atoms with E-state index >= 15 is 0 Å². The molecule has 1 aromatic heterocycles. The van der Waals surface area contributed by atoms with Crippen LogP contribution in [0, 0.1) is 0 Å². The fourth-order valence-electron chi connectivity index (χ4n) is 1.56. The fraction of sp³-hybridized carbons (Fsp3) is 0.231. The van der Waals surface area contributed by atoms with Gasteiger partial charge in [0, 0.05) is 15.8 Å². The molecule has 0 saturated carbocycles. The standard InChI is InChI=1S/C13H15NS/c1-10(14)9-12-7-8-13(15-12)11-5-3-2-4-6-11/h2-8,10H,9,14H2,1H3/t10-/m1/s1. The smallest absolute Gasteiger partial charge is 0.0345 e. The van der Waals surface area contributed by atoms with Gasteiger partial charge in [0.05, 0.1) is 0 Å². The van der Waals surface area contributed by atoms with Gasteiger partial charge in [-0.1, -0.05) is 30.3 Å². The molecule has 0 aliphatic heterocycles. The summed E-state index contributed by atoms with van der Waals surface area (Å²) in [5, 5.41) is 0. The molecule has 0 amide bonds. The van der Waals surface area contributed by atoms with Crippen LogP contribution in [0.5, 0.6) is 0 Å². The average Bonchev–Trinajstić information content (AvgIpc) is 2.67. The number of hydrogen-bond acceptors (Lipinski definition) is 2. The Bertz CT molecular complexity index is 417. The Morgan fingerprint density at radius 2 is 1.87 bits per heavy atom. The molecule has 1 heterocycles. The molecule has 1 nitrogen and oxygen atoms in total. The first-order valence-corrected chi connectivity index (χ1v) is 5.97. The van der Waals surface area contributed by atoms with Crippen molar-refractivity contribution in [3.05, 3.63) is 47.3 Å². The molecule has 15 heavy (non-hydrogen) atoms. The Morgan fingerprint density at radius 3 is 2.53 bits per heavy atom. The monoisotopic (exact) mass is 217 g/mol. The lowest BCUT2D eigenvalue weighted by molar-refractivity contribution is 0.746. The molecule has 2 rings (SSSR count). The van der Waals surface area contributed by atoms with Crippen molar-refractivity contribution in [2.24, 2.45) is 5.73 Å². The Hall–Kier alpha value is -1.12. The van der Waals surface area contributed by atoms with Crippen LogP contribution >= 0.6 is 11.3 Å². The predicted octanol–water partition coefficient (Wildman–Crippen LogP) is 3.30. The second-order valence-electron chi connectivity index (χ2n) is 3.81. The van der Waals surface area contributed by atoms with E-state index in [1.54, 1.807) is 0 Å². The first-order valence-electron chi connectivity index (χ1n) is 5.15. The third-order valence-corrected chi connectivity index (χ3v) is 3.40. The molecule has 0 spiro atoms. The Kier molecular flexibility index (Phi) is 3.19. The van der Waals surface area contributed by atoms with Crippen LogP contribution in [0.2, 0.25) is 0 Å². The van der Waals surface area contributed by atoms with Crippen molar-refractivity contribution >= 4 is 11.3 Å². The molecule has 2 heteroatoms. The van der Waals surface area contributed by atoms with Crippen LogP contribution in [-0.2, 0) is 6.42 Å². The van der Waals surface area contributed by atoms with E-state index in [4.69, 9.17) is 5.73 Å². The minimum atomic E-state index is 0.243. The molecule has 2 aromatic rings. The lowest BCUT2D eigenvalue weighted by Gasteiger charge is -2.00. The highest BCUT2D eigenvalue weighted by Gasteiger charge is 2.03. The summed E-state index contributed by atoms with van der Waals surface area (Å²) in [4.78, 5) is 2.69. The largest absolute Gasteiger partial charge is 0.328 e. The summed E-state index contributed by atoms with van der Waals surface area (Å²) in [5.41, 5.74) is 7.07. The lowest BCUT2D eigenvalue weighted by Crippen LogP contribution is -2.16. The molecule has 0 aliphatic rings. The van der Waals surface area contributed by atoms with E-state index in [1.807, 2.05) is 24.3 Å². The van der Waals surface area contributed by atoms with Gasteiger partial charge in [-0.15, -0.1) is 11.3 Å². The van der Waals surface area contributed by atoms with E-state index in [9.17, 15) is 0 Å². The van der Waals surface area contributed by atoms with Gasteiger partial charge in [0.15, 0.2) is 0 Å². The number of hydrogen-bond donors (Lipinski definition) is 1. The van der Waals surface area contributed by atoms with Crippen molar-refractivity contribution in [2.75, 3.05) is 0 Å². The van der Waals surface area contributed by atoms with E-state index in [0.717, 1.165) is 6.42 Å². The van der Waals surface area contributed by atoms with Crippen molar-refractivity contribution in [1.82, 2.24) is 0 Å². The normalized spacial score (nSPS) is 12.7. The van der Waals surface area contributed by atoms with E-state index in [1.165, 1.54) is 15.3 Å². The number of benzene rings is 1. The highest BCUT2D eigenvalue weighted by atomic mass is 32.1. The number of nitrogens with two attached hydrogens (primary N) is 1. The predicted molar refractivity (Wildman–Crippen MR) is 67.1 cm³/mol. The zero-order valence-electron chi connectivity index (χ0n) is 8.81. The zero-order valence-corrected chi connectivity index (χ0v) is 9.63. The summed E-state index contributed by atoms with van der Waals surface area (Å²) in [6.45, 7) is 2.04. The van der Waals surface area contributed by atoms with Crippen molar-refractivity contribution in [3.63, 3.8) is 0 Å². The summed E-state index contributed by atoms with van der Waals surface area (Å²) >= 11 is 1.83. The summed E-state index contributed by atoms with van der Waals surface area (Å²) in [6, 6.07) is 15.1. The second kappa shape index (κ2) is 4.60. The van der Waals surface area contributed by atoms with Crippen LogP contribution in [0.1, 0.15) is 11.8 Å². The molecule has 1 aromatic carbocycles. The summed E-state index contributed by atoms with van der Waals surface area (Å²) in [7, 11) is 0. The van der Waals surface area contributed by atoms with Crippen molar-refractivity contribution in [1.29, 1.82) is 0 Å². The number of rotatable bonds is 3. The third kappa shape index (κ3) is 2.67. The SMILES string of the molecule is C[C@@H](N)Cc1ccc(-c2ccccc2)s1. The second-order valence-corrected chi connectivity index (χ2v) is 4.98. The minimum absolute atomic E-state index is 0.243. The Balaban J connectivity index is 2.21. The first-order chi connectivity index (χ1) is 7.25. The van der Waals surface area contributed by atoms with Gasteiger partial charge in [0.2, 0.25) is 0 Å². The third-order valence-electron chi connectivity index (χ3n) is 2.24. The number of thiophene rings is 1. The molecule has 0 unspecified atom stereocenters. The van der Waals surface area contributed by atoms with Crippen molar-refractivity contribution < 1.29 is 0 Å². The van der Waals surface area contributed by atoms with Gasteiger partial charge >= 0.3 is 0 Å². The van der Waals surface area contributed by atoms with E-state index in [2.05, 4.69) is 36.4 Å². The molecule has 0 fully saturated rings. The van der Waals surface area contributed by atoms with Crippen LogP contribution in [0.4, 0.5) is 0 Å². The highest BCUT2D eigenvalue weighted by Crippen LogP contribution is 2.28. The van der Waals surface area contributed by atoms with Crippen molar-refractivity contribution in [2.45, 2.75) is 19.4 Å². The van der Waals surface area contributed by atoms with E-state index < -0.39 is 0 Å². The Labute approximate surface area is 94.6 Å². The molecule has 0 radical (unpaired) electrons. The maximum atomic E-state index is 5.78. The van der Waals surface area contributed by atoms with Crippen LogP contribution in [0.15, 0.2) is 42.5 Å². The van der Waals surface area contributed by atoms with E-state index in [0.29, 0.717) is 0 Å². The minimum Gasteiger partial charge on any atom is -0.328 e. The topological polar surface area (TPSA) is 26.0 Å². The average molecular weight is 217 g/mol. The van der Waals surface area contributed by atoms with Gasteiger partial charge in [0.25, 0.3) is 0 Å². The van der Waals surface area contributed by atoms with E-state index in [-0.39, 0.29) is 6.04 Å². The molecule has 1 atom stereocenters. The lowest BCUT2D eigenvalue weighted by atomic mass is 10.2. The quantitative estimate of drug-likeness (QED) is 0.838. The van der Waals surface area contributed by atoms with Gasteiger partial charge in [-0.05, 0) is 31.0 Å². The highest BCUT2D eigenvalue weighted by molar-refractivity contribution is 7.15. The molecular formula is C13H15NS. The van der Waals surface area contributed by atoms with Gasteiger partial charge in [-0.2, -0.15) is 0 Å². The maximum Gasteiger partial charge on any atom is 0.0345 e. The Morgan fingerprint density at radius 1 is 1.13 bits per heavy atom. The molecule has 0 aliphatic carbocycles. The summed E-state index contributed by atoms with van der Waals surface area (Å²) in [6.07, 6.45) is 0.970. The fourth-order valence-corrected chi connectivity index (χ4v) is 2.72. The molecule has 78 valence electrons. The van der Waals surface area contributed by atoms with Gasteiger partial charge in [0.1, 0.15) is 0 Å². The molecule has 2 N–H and O–H groups in total. The first kappa shape index (κ1) is 10.4. The zero-order chi connectivity index (χ0) is 10.7. The molecule has 0 saturated heterocycles. The van der Waals surface area contributed by atoms with Crippen LogP contribution in [-0.4, -0.2) is 6.04 Å². The van der Waals surface area contributed by atoms with Gasteiger partial charge in [-0.25, -0.2) is 0 Å². The molecule has 0 bridgehead atoms. The maximum absolute atomic E-state index is 5.78.